The van der Waals surface area contributed by atoms with Gasteiger partial charge >= 0.3 is 0 Å². The molecule has 0 aliphatic carbocycles. The van der Waals surface area contributed by atoms with Gasteiger partial charge in [-0.15, -0.1) is 0 Å². The highest BCUT2D eigenvalue weighted by atomic mass is 19.1. The summed E-state index contributed by atoms with van der Waals surface area (Å²) in [4.78, 5) is 27.3. The van der Waals surface area contributed by atoms with Crippen LogP contribution >= 0.6 is 0 Å². The van der Waals surface area contributed by atoms with Crippen molar-refractivity contribution in [3.05, 3.63) is 65.5 Å². The van der Waals surface area contributed by atoms with Crippen LogP contribution in [0.25, 0.3) is 0 Å². The van der Waals surface area contributed by atoms with Crippen LogP contribution in [0.15, 0.2) is 48.5 Å². The van der Waals surface area contributed by atoms with E-state index in [1.165, 1.54) is 12.1 Å². The molecule has 5 nitrogen and oxygen atoms in total. The number of methoxy groups -OCH3 is 1. The molecule has 0 unspecified atom stereocenters. The molecule has 0 aromatic heterocycles. The lowest BCUT2D eigenvalue weighted by Crippen LogP contribution is -2.48. The summed E-state index contributed by atoms with van der Waals surface area (Å²) in [6.07, 6.45) is 1.50. The van der Waals surface area contributed by atoms with Gasteiger partial charge in [0.1, 0.15) is 11.6 Å². The second-order valence-electron chi connectivity index (χ2n) is 7.21. The lowest BCUT2D eigenvalue weighted by atomic mass is 9.83. The lowest BCUT2D eigenvalue weighted by molar-refractivity contribution is -0.143. The van der Waals surface area contributed by atoms with Gasteiger partial charge in [0.05, 0.1) is 19.1 Å². The van der Waals surface area contributed by atoms with Crippen molar-refractivity contribution in [2.45, 2.75) is 32.2 Å². The van der Waals surface area contributed by atoms with E-state index >= 15 is 0 Å². The van der Waals surface area contributed by atoms with Crippen LogP contribution in [0.2, 0.25) is 0 Å². The average molecular weight is 398 g/mol. The molecule has 0 bridgehead atoms. The number of carbonyl (C=O) groups excluding carboxylic acids is 2. The zero-order chi connectivity index (χ0) is 20.8. The molecule has 1 saturated heterocycles. The van der Waals surface area contributed by atoms with Crippen LogP contribution in [0.5, 0.6) is 5.75 Å². The van der Waals surface area contributed by atoms with Crippen LogP contribution in [-0.2, 0) is 16.0 Å². The number of nitrogens with one attached hydrogen (secondary N) is 1. The number of piperidine rings is 1. The molecule has 1 N–H and O–H groups in total. The molecule has 2 amide bonds. The van der Waals surface area contributed by atoms with E-state index in [-0.39, 0.29) is 29.6 Å². The number of hydrogen-bond acceptors (Lipinski definition) is 3. The first-order valence-corrected chi connectivity index (χ1v) is 9.99. The number of rotatable bonds is 7. The first-order chi connectivity index (χ1) is 14.0. The second-order valence-corrected chi connectivity index (χ2v) is 7.21. The molecule has 2 atom stereocenters. The monoisotopic (exact) mass is 398 g/mol. The number of carbonyl (C=O) groups is 2. The fraction of sp³-hybridized carbons (Fsp3) is 0.391. The summed E-state index contributed by atoms with van der Waals surface area (Å²) in [6, 6.07) is 13.5. The number of hydrogen-bond donors (Lipinski definition) is 1. The molecule has 1 aliphatic heterocycles. The largest absolute Gasteiger partial charge is 0.497 e. The smallest absolute Gasteiger partial charge is 0.225 e. The third-order valence-electron chi connectivity index (χ3n) is 5.45. The average Bonchev–Trinajstić information content (AvgIpc) is 2.74. The van der Waals surface area contributed by atoms with E-state index in [4.69, 9.17) is 4.74 Å². The topological polar surface area (TPSA) is 58.6 Å². The summed E-state index contributed by atoms with van der Waals surface area (Å²) in [5, 5.41) is 3.00. The predicted molar refractivity (Wildman–Crippen MR) is 109 cm³/mol. The van der Waals surface area contributed by atoms with Gasteiger partial charge in [-0.3, -0.25) is 9.59 Å². The molecule has 0 saturated carbocycles. The molecular formula is C23H27FN2O3. The van der Waals surface area contributed by atoms with Crippen molar-refractivity contribution in [1.82, 2.24) is 10.2 Å². The molecule has 2 aromatic carbocycles. The predicted octanol–water partition coefficient (Wildman–Crippen LogP) is 3.49. The van der Waals surface area contributed by atoms with E-state index in [9.17, 15) is 14.0 Å². The van der Waals surface area contributed by atoms with Crippen LogP contribution in [0, 0.1) is 11.7 Å². The van der Waals surface area contributed by atoms with E-state index in [0.717, 1.165) is 11.1 Å². The second kappa shape index (κ2) is 9.54. The minimum absolute atomic E-state index is 0.0640. The highest BCUT2D eigenvalue weighted by molar-refractivity contribution is 5.85. The SMILES string of the molecule is CCN1C(=O)CC[C@@H](C(=O)NCCc2ccc(F)cc2)[C@@H]1c1cccc(OC)c1. The minimum Gasteiger partial charge on any atom is -0.497 e. The Morgan fingerprint density at radius 2 is 2.00 bits per heavy atom. The Bertz CT molecular complexity index is 853. The summed E-state index contributed by atoms with van der Waals surface area (Å²) >= 11 is 0. The fourth-order valence-corrected chi connectivity index (χ4v) is 3.95. The highest BCUT2D eigenvalue weighted by Crippen LogP contribution is 2.37. The van der Waals surface area contributed by atoms with Crippen LogP contribution in [0.1, 0.15) is 36.9 Å². The van der Waals surface area contributed by atoms with Crippen molar-refractivity contribution in [3.8, 4) is 5.75 Å². The summed E-state index contributed by atoms with van der Waals surface area (Å²) in [6.45, 7) is 2.94. The van der Waals surface area contributed by atoms with Gasteiger partial charge in [-0.25, -0.2) is 4.39 Å². The Morgan fingerprint density at radius 1 is 1.24 bits per heavy atom. The van der Waals surface area contributed by atoms with Gasteiger partial charge in [-0.1, -0.05) is 24.3 Å². The lowest BCUT2D eigenvalue weighted by Gasteiger charge is -2.40. The third-order valence-corrected chi connectivity index (χ3v) is 5.45. The molecule has 6 heteroatoms. The number of amides is 2. The Kier molecular flexibility index (Phi) is 6.86. The van der Waals surface area contributed by atoms with Crippen LogP contribution in [0.3, 0.4) is 0 Å². The van der Waals surface area contributed by atoms with Gasteiger partial charge in [0.25, 0.3) is 0 Å². The number of benzene rings is 2. The molecule has 29 heavy (non-hydrogen) atoms. The Morgan fingerprint density at radius 3 is 2.69 bits per heavy atom. The summed E-state index contributed by atoms with van der Waals surface area (Å²) in [5.41, 5.74) is 1.86. The van der Waals surface area contributed by atoms with E-state index in [2.05, 4.69) is 5.32 Å². The Hall–Kier alpha value is -2.89. The van der Waals surface area contributed by atoms with Crippen molar-refractivity contribution < 1.29 is 18.7 Å². The highest BCUT2D eigenvalue weighted by Gasteiger charge is 2.39. The van der Waals surface area contributed by atoms with E-state index in [1.54, 1.807) is 24.1 Å². The van der Waals surface area contributed by atoms with Crippen LogP contribution in [-0.4, -0.2) is 36.9 Å². The van der Waals surface area contributed by atoms with Gasteiger partial charge in [-0.05, 0) is 55.2 Å². The molecule has 1 heterocycles. The Labute approximate surface area is 170 Å². The third kappa shape index (κ3) is 4.94. The molecule has 154 valence electrons. The van der Waals surface area contributed by atoms with Crippen molar-refractivity contribution in [2.24, 2.45) is 5.92 Å². The van der Waals surface area contributed by atoms with E-state index in [1.807, 2.05) is 31.2 Å². The van der Waals surface area contributed by atoms with Crippen molar-refractivity contribution in [1.29, 1.82) is 0 Å². The van der Waals surface area contributed by atoms with Gasteiger partial charge in [0.2, 0.25) is 11.8 Å². The van der Waals surface area contributed by atoms with Gasteiger partial charge in [0.15, 0.2) is 0 Å². The molecule has 3 rings (SSSR count). The van der Waals surface area contributed by atoms with E-state index in [0.29, 0.717) is 38.1 Å². The number of ether oxygens (including phenoxy) is 1. The number of likely N-dealkylation sites (tertiary alicyclic amines) is 1. The molecule has 1 fully saturated rings. The summed E-state index contributed by atoms with van der Waals surface area (Å²) in [7, 11) is 1.60. The van der Waals surface area contributed by atoms with Crippen molar-refractivity contribution in [3.63, 3.8) is 0 Å². The Balaban J connectivity index is 1.74. The first kappa shape index (κ1) is 20.8. The first-order valence-electron chi connectivity index (χ1n) is 9.99. The normalized spacial score (nSPS) is 19.1. The van der Waals surface area contributed by atoms with Crippen LogP contribution < -0.4 is 10.1 Å². The van der Waals surface area contributed by atoms with E-state index < -0.39 is 0 Å². The van der Waals surface area contributed by atoms with Gasteiger partial charge in [-0.2, -0.15) is 0 Å². The number of nitrogens with zero attached hydrogens (tertiary/aromatic N) is 1. The van der Waals surface area contributed by atoms with Gasteiger partial charge < -0.3 is 15.0 Å². The fourth-order valence-electron chi connectivity index (χ4n) is 3.95. The summed E-state index contributed by atoms with van der Waals surface area (Å²) < 4.78 is 18.4. The zero-order valence-electron chi connectivity index (χ0n) is 16.9. The molecule has 0 spiro atoms. The molecule has 0 radical (unpaired) electrons. The van der Waals surface area contributed by atoms with Crippen molar-refractivity contribution >= 4 is 11.8 Å². The molecular weight excluding hydrogens is 371 g/mol. The maximum atomic E-state index is 13.0. The molecule has 2 aromatic rings. The zero-order valence-corrected chi connectivity index (χ0v) is 16.9. The van der Waals surface area contributed by atoms with Crippen LogP contribution in [0.4, 0.5) is 4.39 Å². The maximum Gasteiger partial charge on any atom is 0.225 e. The minimum atomic E-state index is -0.326. The standard InChI is InChI=1S/C23H27FN2O3/c1-3-26-21(27)12-11-20(22(26)17-5-4-6-19(15-17)29-2)23(28)25-14-13-16-7-9-18(24)10-8-16/h4-10,15,20,22H,3,11-14H2,1-2H3,(H,25,28)/t20-,22+/m1/s1. The molecule has 1 aliphatic rings. The quantitative estimate of drug-likeness (QED) is 0.777. The van der Waals surface area contributed by atoms with Gasteiger partial charge in [0, 0.05) is 19.5 Å². The summed E-state index contributed by atoms with van der Waals surface area (Å²) in [5.74, 6) is 0.104. The maximum absolute atomic E-state index is 13.0. The number of halogens is 1. The van der Waals surface area contributed by atoms with Crippen molar-refractivity contribution in [2.75, 3.05) is 20.2 Å².